The first-order valence-electron chi connectivity index (χ1n) is 9.44. The van der Waals surface area contributed by atoms with Crippen molar-refractivity contribution >= 4 is 15.9 Å². The van der Waals surface area contributed by atoms with Gasteiger partial charge in [-0.3, -0.25) is 0 Å². The molecule has 5 nitrogen and oxygen atoms in total. The molecule has 1 aromatic carbocycles. The minimum atomic E-state index is -3.30. The van der Waals surface area contributed by atoms with Gasteiger partial charge in [0.1, 0.15) is 5.60 Å². The van der Waals surface area contributed by atoms with E-state index in [2.05, 4.69) is 17.2 Å². The summed E-state index contributed by atoms with van der Waals surface area (Å²) in [6, 6.07) is 6.71. The molecule has 148 valence electrons. The van der Waals surface area contributed by atoms with E-state index in [0.717, 1.165) is 25.7 Å². The number of sulfone groups is 1. The Hall–Kier alpha value is -2.00. The minimum Gasteiger partial charge on any atom is -0.444 e. The van der Waals surface area contributed by atoms with Gasteiger partial charge in [-0.2, -0.15) is 0 Å². The quantitative estimate of drug-likeness (QED) is 0.790. The SMILES string of the molecule is CC(C)(C)OC(=O)NCC#Cc1cccc(S(=O)(=O)CC2CCCCC2)c1. The molecular formula is C21H29NO4S. The van der Waals surface area contributed by atoms with Crippen molar-refractivity contribution in [3.8, 4) is 11.8 Å². The Labute approximate surface area is 162 Å². The van der Waals surface area contributed by atoms with Gasteiger partial charge in [0.15, 0.2) is 9.84 Å². The summed E-state index contributed by atoms with van der Waals surface area (Å²) in [6.07, 6.45) is 4.91. The first kappa shape index (κ1) is 21.3. The second kappa shape index (κ2) is 9.27. The highest BCUT2D eigenvalue weighted by Crippen LogP contribution is 2.27. The molecule has 0 aliphatic heterocycles. The Kier molecular flexibility index (Phi) is 7.32. The molecule has 0 unspecified atom stereocenters. The maximum absolute atomic E-state index is 12.7. The van der Waals surface area contributed by atoms with E-state index in [1.807, 2.05) is 0 Å². The highest BCUT2D eigenvalue weighted by molar-refractivity contribution is 7.91. The lowest BCUT2D eigenvalue weighted by atomic mass is 9.91. The molecular weight excluding hydrogens is 362 g/mol. The van der Waals surface area contributed by atoms with Gasteiger partial charge in [0.2, 0.25) is 0 Å². The van der Waals surface area contributed by atoms with Crippen molar-refractivity contribution in [2.75, 3.05) is 12.3 Å². The normalized spacial score (nSPS) is 15.5. The third-order valence-electron chi connectivity index (χ3n) is 4.33. The number of nitrogens with one attached hydrogen (secondary N) is 1. The van der Waals surface area contributed by atoms with Gasteiger partial charge in [-0.15, -0.1) is 0 Å². The van der Waals surface area contributed by atoms with E-state index in [4.69, 9.17) is 4.74 Å². The third-order valence-corrected chi connectivity index (χ3v) is 6.21. The molecule has 1 aliphatic carbocycles. The van der Waals surface area contributed by atoms with Crippen LogP contribution in [0.4, 0.5) is 4.79 Å². The number of hydrogen-bond donors (Lipinski definition) is 1. The fraction of sp³-hybridized carbons (Fsp3) is 0.571. The summed E-state index contributed by atoms with van der Waals surface area (Å²) in [7, 11) is -3.30. The smallest absolute Gasteiger partial charge is 0.408 e. The van der Waals surface area contributed by atoms with Crippen molar-refractivity contribution in [1.29, 1.82) is 0 Å². The molecule has 1 saturated carbocycles. The number of ether oxygens (including phenoxy) is 1. The Morgan fingerprint density at radius 3 is 2.59 bits per heavy atom. The number of rotatable bonds is 4. The van der Waals surface area contributed by atoms with E-state index < -0.39 is 21.5 Å². The topological polar surface area (TPSA) is 72.5 Å². The molecule has 1 aliphatic rings. The van der Waals surface area contributed by atoms with Crippen molar-refractivity contribution in [3.63, 3.8) is 0 Å². The van der Waals surface area contributed by atoms with Crippen molar-refractivity contribution in [2.45, 2.75) is 63.4 Å². The molecule has 0 radical (unpaired) electrons. The van der Waals surface area contributed by atoms with Crippen LogP contribution >= 0.6 is 0 Å². The van der Waals surface area contributed by atoms with Gasteiger partial charge >= 0.3 is 6.09 Å². The number of carbonyl (C=O) groups is 1. The summed E-state index contributed by atoms with van der Waals surface area (Å²) < 4.78 is 30.5. The molecule has 2 rings (SSSR count). The summed E-state index contributed by atoms with van der Waals surface area (Å²) in [5, 5.41) is 2.56. The summed E-state index contributed by atoms with van der Waals surface area (Å²) in [5.41, 5.74) is 0.0594. The van der Waals surface area contributed by atoms with Gasteiger partial charge in [-0.25, -0.2) is 13.2 Å². The molecule has 0 atom stereocenters. The zero-order valence-electron chi connectivity index (χ0n) is 16.4. The molecule has 0 spiro atoms. The van der Waals surface area contributed by atoms with E-state index in [9.17, 15) is 13.2 Å². The van der Waals surface area contributed by atoms with Crippen molar-refractivity contribution in [2.24, 2.45) is 5.92 Å². The van der Waals surface area contributed by atoms with Gasteiger partial charge < -0.3 is 10.1 Å². The van der Waals surface area contributed by atoms with Gasteiger partial charge in [0.25, 0.3) is 0 Å². The second-order valence-corrected chi connectivity index (χ2v) is 10.0. The van der Waals surface area contributed by atoms with Crippen LogP contribution in [0, 0.1) is 17.8 Å². The number of alkyl carbamates (subject to hydrolysis) is 1. The maximum Gasteiger partial charge on any atom is 0.408 e. The molecule has 0 saturated heterocycles. The van der Waals surface area contributed by atoms with Crippen LogP contribution < -0.4 is 5.32 Å². The molecule has 1 fully saturated rings. The molecule has 1 aromatic rings. The van der Waals surface area contributed by atoms with Crippen molar-refractivity contribution < 1.29 is 17.9 Å². The van der Waals surface area contributed by atoms with Crippen LogP contribution in [0.1, 0.15) is 58.4 Å². The van der Waals surface area contributed by atoms with E-state index in [1.54, 1.807) is 45.0 Å². The largest absolute Gasteiger partial charge is 0.444 e. The molecule has 1 amide bonds. The summed E-state index contributed by atoms with van der Waals surface area (Å²) in [6.45, 7) is 5.50. The lowest BCUT2D eigenvalue weighted by Gasteiger charge is -2.21. The van der Waals surface area contributed by atoms with E-state index in [1.165, 1.54) is 6.42 Å². The Morgan fingerprint density at radius 1 is 1.22 bits per heavy atom. The Morgan fingerprint density at radius 2 is 1.93 bits per heavy atom. The molecule has 0 aromatic heterocycles. The maximum atomic E-state index is 12.7. The highest BCUT2D eigenvalue weighted by Gasteiger charge is 2.23. The average Bonchev–Trinajstić information content (AvgIpc) is 2.58. The van der Waals surface area contributed by atoms with Crippen molar-refractivity contribution in [1.82, 2.24) is 5.32 Å². The van der Waals surface area contributed by atoms with Crippen LogP contribution in [0.2, 0.25) is 0 Å². The predicted molar refractivity (Wildman–Crippen MR) is 106 cm³/mol. The standard InChI is InChI=1S/C21H29NO4S/c1-21(2,3)26-20(23)22-14-8-12-17-11-7-13-19(15-17)27(24,25)16-18-9-5-4-6-10-18/h7,11,13,15,18H,4-6,9-10,14,16H2,1-3H3,(H,22,23). The minimum absolute atomic E-state index is 0.133. The van der Waals surface area contributed by atoms with Gasteiger partial charge in [-0.05, 0) is 57.7 Å². The monoisotopic (exact) mass is 391 g/mol. The Bertz CT molecular complexity index is 807. The van der Waals surface area contributed by atoms with E-state index in [0.29, 0.717) is 10.5 Å². The van der Waals surface area contributed by atoms with Crippen LogP contribution in [0.25, 0.3) is 0 Å². The Balaban J connectivity index is 1.96. The predicted octanol–water partition coefficient (Wildman–Crippen LogP) is 3.92. The molecule has 6 heteroatoms. The van der Waals surface area contributed by atoms with Crippen LogP contribution in [0.5, 0.6) is 0 Å². The van der Waals surface area contributed by atoms with Crippen LogP contribution in [0.3, 0.4) is 0 Å². The second-order valence-electron chi connectivity index (χ2n) is 7.97. The summed E-state index contributed by atoms with van der Waals surface area (Å²) in [4.78, 5) is 11.9. The van der Waals surface area contributed by atoms with E-state index >= 15 is 0 Å². The van der Waals surface area contributed by atoms with Gasteiger partial charge in [0, 0.05) is 5.56 Å². The third kappa shape index (κ3) is 7.64. The van der Waals surface area contributed by atoms with Crippen LogP contribution in [0.15, 0.2) is 29.2 Å². The van der Waals surface area contributed by atoms with Gasteiger partial charge in [-0.1, -0.05) is 37.2 Å². The average molecular weight is 392 g/mol. The lowest BCUT2D eigenvalue weighted by molar-refractivity contribution is 0.0535. The number of hydrogen-bond acceptors (Lipinski definition) is 4. The van der Waals surface area contributed by atoms with Crippen LogP contribution in [-0.4, -0.2) is 32.4 Å². The fourth-order valence-corrected chi connectivity index (χ4v) is 4.84. The first-order valence-corrected chi connectivity index (χ1v) is 11.1. The number of carbonyl (C=O) groups excluding carboxylic acids is 1. The number of benzene rings is 1. The first-order chi connectivity index (χ1) is 12.7. The molecule has 0 bridgehead atoms. The molecule has 1 N–H and O–H groups in total. The number of amides is 1. The van der Waals surface area contributed by atoms with Gasteiger partial charge in [0.05, 0.1) is 17.2 Å². The van der Waals surface area contributed by atoms with Crippen molar-refractivity contribution in [3.05, 3.63) is 29.8 Å². The van der Waals surface area contributed by atoms with E-state index in [-0.39, 0.29) is 18.2 Å². The molecule has 27 heavy (non-hydrogen) atoms. The molecule has 0 heterocycles. The summed E-state index contributed by atoms with van der Waals surface area (Å²) >= 11 is 0. The summed E-state index contributed by atoms with van der Waals surface area (Å²) in [5.74, 6) is 6.19. The fourth-order valence-electron chi connectivity index (χ4n) is 3.10. The van der Waals surface area contributed by atoms with Crippen LogP contribution in [-0.2, 0) is 14.6 Å². The highest BCUT2D eigenvalue weighted by atomic mass is 32.2. The lowest BCUT2D eigenvalue weighted by Crippen LogP contribution is -2.32. The zero-order chi connectivity index (χ0) is 19.9. The zero-order valence-corrected chi connectivity index (χ0v) is 17.2.